The van der Waals surface area contributed by atoms with Gasteiger partial charge in [-0.05, 0) is 12.3 Å². The zero-order valence-electron chi connectivity index (χ0n) is 10.4. The molecule has 0 saturated carbocycles. The zero-order chi connectivity index (χ0) is 11.8. The van der Waals surface area contributed by atoms with E-state index in [9.17, 15) is 0 Å². The van der Waals surface area contributed by atoms with E-state index in [4.69, 9.17) is 4.74 Å². The van der Waals surface area contributed by atoms with Gasteiger partial charge in [0.25, 0.3) is 0 Å². The van der Waals surface area contributed by atoms with Crippen LogP contribution in [0.15, 0.2) is 11.6 Å². The molecule has 0 aliphatic carbocycles. The topological polar surface area (TPSA) is 34.1 Å². The van der Waals surface area contributed by atoms with Gasteiger partial charge in [-0.3, -0.25) is 0 Å². The van der Waals surface area contributed by atoms with Crippen LogP contribution in [0.4, 0.5) is 0 Å². The van der Waals surface area contributed by atoms with E-state index in [0.29, 0.717) is 12.0 Å². The second kappa shape index (κ2) is 7.76. The van der Waals surface area contributed by atoms with Gasteiger partial charge in [0.1, 0.15) is 5.01 Å². The van der Waals surface area contributed by atoms with Crippen molar-refractivity contribution in [2.75, 3.05) is 19.8 Å². The molecule has 4 heteroatoms. The van der Waals surface area contributed by atoms with Crippen molar-refractivity contribution < 1.29 is 4.74 Å². The maximum Gasteiger partial charge on any atom is 0.109 e. The average Bonchev–Trinajstić information content (AvgIpc) is 2.76. The van der Waals surface area contributed by atoms with E-state index < -0.39 is 0 Å². The minimum Gasteiger partial charge on any atom is -0.380 e. The molecule has 1 unspecified atom stereocenters. The number of hydrogen-bond donors (Lipinski definition) is 1. The van der Waals surface area contributed by atoms with E-state index in [1.807, 2.05) is 11.6 Å². The first-order valence-electron chi connectivity index (χ1n) is 5.94. The third kappa shape index (κ3) is 5.05. The normalized spacial score (nSPS) is 13.2. The Morgan fingerprint density at radius 2 is 2.31 bits per heavy atom. The van der Waals surface area contributed by atoms with E-state index in [0.717, 1.165) is 26.2 Å². The summed E-state index contributed by atoms with van der Waals surface area (Å²) < 4.78 is 5.53. The van der Waals surface area contributed by atoms with Gasteiger partial charge in [-0.1, -0.05) is 20.8 Å². The first-order chi connectivity index (χ1) is 7.74. The minimum atomic E-state index is 0.377. The van der Waals surface area contributed by atoms with E-state index in [2.05, 4.69) is 31.1 Å². The van der Waals surface area contributed by atoms with Gasteiger partial charge in [-0.25, -0.2) is 4.98 Å². The second-order valence-electron chi connectivity index (χ2n) is 4.25. The summed E-state index contributed by atoms with van der Waals surface area (Å²) in [5, 5.41) is 6.66. The lowest BCUT2D eigenvalue weighted by Crippen LogP contribution is -2.25. The Hall–Kier alpha value is -0.450. The fourth-order valence-electron chi connectivity index (χ4n) is 1.44. The van der Waals surface area contributed by atoms with E-state index in [1.165, 1.54) is 5.01 Å². The molecule has 0 fully saturated rings. The Labute approximate surface area is 102 Å². The van der Waals surface area contributed by atoms with Crippen LogP contribution in [0.1, 0.15) is 38.2 Å². The predicted molar refractivity (Wildman–Crippen MR) is 68.8 cm³/mol. The molecule has 16 heavy (non-hydrogen) atoms. The quantitative estimate of drug-likeness (QED) is 0.712. The highest BCUT2D eigenvalue weighted by Gasteiger charge is 2.10. The molecule has 1 atom stereocenters. The number of thiazole rings is 1. The number of aromatic nitrogens is 1. The van der Waals surface area contributed by atoms with Crippen LogP contribution in [0.3, 0.4) is 0 Å². The highest BCUT2D eigenvalue weighted by Crippen LogP contribution is 2.18. The summed E-state index contributed by atoms with van der Waals surface area (Å²) in [7, 11) is 0. The second-order valence-corrected chi connectivity index (χ2v) is 5.18. The third-order valence-electron chi connectivity index (χ3n) is 2.25. The molecule has 1 aromatic heterocycles. The van der Waals surface area contributed by atoms with Gasteiger partial charge in [-0.2, -0.15) is 0 Å². The van der Waals surface area contributed by atoms with Crippen LogP contribution in [0, 0.1) is 5.92 Å². The maximum atomic E-state index is 5.53. The van der Waals surface area contributed by atoms with Crippen LogP contribution in [0.2, 0.25) is 0 Å². The van der Waals surface area contributed by atoms with E-state index >= 15 is 0 Å². The first kappa shape index (κ1) is 13.6. The maximum absolute atomic E-state index is 5.53. The fraction of sp³-hybridized carbons (Fsp3) is 0.750. The van der Waals surface area contributed by atoms with Crippen molar-refractivity contribution >= 4 is 11.3 Å². The lowest BCUT2D eigenvalue weighted by molar-refractivity contribution is 0.110. The Kier molecular flexibility index (Phi) is 6.61. The highest BCUT2D eigenvalue weighted by molar-refractivity contribution is 7.09. The lowest BCUT2D eigenvalue weighted by Gasteiger charge is -2.14. The molecule has 1 aromatic rings. The van der Waals surface area contributed by atoms with Crippen LogP contribution >= 0.6 is 11.3 Å². The summed E-state index contributed by atoms with van der Waals surface area (Å²) in [5.74, 6) is 0.612. The first-order valence-corrected chi connectivity index (χ1v) is 6.82. The molecule has 0 aliphatic rings. The van der Waals surface area contributed by atoms with Gasteiger partial charge < -0.3 is 10.1 Å². The number of ether oxygens (including phenoxy) is 1. The number of nitrogens with zero attached hydrogens (tertiary/aromatic N) is 1. The van der Waals surface area contributed by atoms with Crippen molar-refractivity contribution in [1.29, 1.82) is 0 Å². The predicted octanol–water partition coefficient (Wildman–Crippen LogP) is 2.86. The van der Waals surface area contributed by atoms with Crippen molar-refractivity contribution in [2.45, 2.75) is 33.2 Å². The van der Waals surface area contributed by atoms with E-state index in [1.54, 1.807) is 11.3 Å². The summed E-state index contributed by atoms with van der Waals surface area (Å²) in [5.41, 5.74) is 0. The van der Waals surface area contributed by atoms with Gasteiger partial charge in [0.2, 0.25) is 0 Å². The lowest BCUT2D eigenvalue weighted by atomic mass is 10.2. The molecule has 0 amide bonds. The Balaban J connectivity index is 2.15. The number of nitrogens with one attached hydrogen (secondary N) is 1. The molecule has 0 spiro atoms. The van der Waals surface area contributed by atoms with Crippen molar-refractivity contribution in [2.24, 2.45) is 5.92 Å². The molecule has 92 valence electrons. The van der Waals surface area contributed by atoms with E-state index in [-0.39, 0.29) is 0 Å². The Bertz CT molecular complexity index is 262. The molecular formula is C12H22N2OS. The molecule has 0 saturated heterocycles. The van der Waals surface area contributed by atoms with Gasteiger partial charge >= 0.3 is 0 Å². The molecule has 0 bridgehead atoms. The van der Waals surface area contributed by atoms with Gasteiger partial charge in [-0.15, -0.1) is 11.3 Å². The summed E-state index contributed by atoms with van der Waals surface area (Å²) in [6, 6.07) is 0.377. The van der Waals surface area contributed by atoms with Gasteiger partial charge in [0.05, 0.1) is 12.6 Å². The number of hydrogen-bond acceptors (Lipinski definition) is 4. The summed E-state index contributed by atoms with van der Waals surface area (Å²) in [6.45, 7) is 9.02. The Morgan fingerprint density at radius 3 is 2.88 bits per heavy atom. The molecule has 0 aromatic carbocycles. The number of rotatable bonds is 8. The molecular weight excluding hydrogens is 220 g/mol. The zero-order valence-corrected chi connectivity index (χ0v) is 11.2. The van der Waals surface area contributed by atoms with Crippen LogP contribution in [0.25, 0.3) is 0 Å². The summed E-state index contributed by atoms with van der Waals surface area (Å²) in [6.07, 6.45) is 2.93. The molecule has 3 nitrogen and oxygen atoms in total. The third-order valence-corrected chi connectivity index (χ3v) is 3.14. The molecule has 0 aliphatic heterocycles. The van der Waals surface area contributed by atoms with Crippen molar-refractivity contribution in [3.63, 3.8) is 0 Å². The smallest absolute Gasteiger partial charge is 0.109 e. The van der Waals surface area contributed by atoms with Crippen LogP contribution in [0.5, 0.6) is 0 Å². The van der Waals surface area contributed by atoms with Crippen molar-refractivity contribution in [3.05, 3.63) is 16.6 Å². The minimum absolute atomic E-state index is 0.377. The fourth-order valence-corrected chi connectivity index (χ4v) is 2.23. The molecule has 1 heterocycles. The highest BCUT2D eigenvalue weighted by atomic mass is 32.1. The Morgan fingerprint density at radius 1 is 1.50 bits per heavy atom. The monoisotopic (exact) mass is 242 g/mol. The SMILES string of the molecule is CCC(NCCOCC(C)C)c1nccs1. The average molecular weight is 242 g/mol. The van der Waals surface area contributed by atoms with Crippen molar-refractivity contribution in [3.8, 4) is 0 Å². The molecule has 1 N–H and O–H groups in total. The van der Waals surface area contributed by atoms with Crippen LogP contribution in [-0.4, -0.2) is 24.7 Å². The molecule has 0 radical (unpaired) electrons. The summed E-state index contributed by atoms with van der Waals surface area (Å²) in [4.78, 5) is 4.33. The molecule has 1 rings (SSSR count). The van der Waals surface area contributed by atoms with Crippen LogP contribution in [-0.2, 0) is 4.74 Å². The largest absolute Gasteiger partial charge is 0.380 e. The van der Waals surface area contributed by atoms with Gasteiger partial charge in [0, 0.05) is 24.7 Å². The van der Waals surface area contributed by atoms with Crippen molar-refractivity contribution in [1.82, 2.24) is 10.3 Å². The van der Waals surface area contributed by atoms with Gasteiger partial charge in [0.15, 0.2) is 0 Å². The van der Waals surface area contributed by atoms with Crippen LogP contribution < -0.4 is 5.32 Å². The standard InChI is InChI=1S/C12H22N2OS/c1-4-11(12-14-6-8-16-12)13-5-7-15-9-10(2)3/h6,8,10-11,13H,4-5,7,9H2,1-3H3. The summed E-state index contributed by atoms with van der Waals surface area (Å²) >= 11 is 1.71.